The van der Waals surface area contributed by atoms with Crippen LogP contribution in [0.15, 0.2) is 36.5 Å². The monoisotopic (exact) mass is 425 g/mol. The molecule has 5 N–H and O–H groups in total. The molecule has 1 fully saturated rings. The minimum absolute atomic E-state index is 0.215. The Balaban J connectivity index is 1.60. The highest BCUT2D eigenvalue weighted by molar-refractivity contribution is 5.54. The number of nitrogens with zero attached hydrogens (tertiary/aromatic N) is 2. The second kappa shape index (κ2) is 9.53. The predicted octanol–water partition coefficient (Wildman–Crippen LogP) is 2.27. The lowest BCUT2D eigenvalue weighted by Crippen LogP contribution is -2.43. The van der Waals surface area contributed by atoms with Crippen molar-refractivity contribution in [2.45, 2.75) is 38.8 Å². The van der Waals surface area contributed by atoms with E-state index in [9.17, 15) is 5.11 Å². The molecule has 1 saturated heterocycles. The van der Waals surface area contributed by atoms with E-state index in [0.29, 0.717) is 25.6 Å². The van der Waals surface area contributed by atoms with Crippen molar-refractivity contribution in [3.63, 3.8) is 0 Å². The lowest BCUT2D eigenvalue weighted by atomic mass is 9.95. The quantitative estimate of drug-likeness (QED) is 0.355. The third-order valence-electron chi connectivity index (χ3n) is 5.97. The third-order valence-corrected chi connectivity index (χ3v) is 5.97. The Morgan fingerprint density at radius 3 is 2.90 bits per heavy atom. The standard InChI is InChI=1S/C23H32N6O2/c1-15(2)18-13-27-29-22(26-12-17-6-4-5-7-20(17)31-3)10-21(28-23(18)29)25-11-16-8-9-24-14-19(16)30/h4-7,10,13,15-16,19,24,30H,8-9,11-12,14H2,1-3H3,(H2,25,26,27,28)/p+1/t16-,19+/m1/s1. The number of benzene rings is 1. The Morgan fingerprint density at radius 1 is 1.29 bits per heavy atom. The van der Waals surface area contributed by atoms with Crippen LogP contribution in [-0.2, 0) is 6.54 Å². The van der Waals surface area contributed by atoms with E-state index < -0.39 is 0 Å². The van der Waals surface area contributed by atoms with Gasteiger partial charge in [-0.15, -0.1) is 4.52 Å². The SMILES string of the molecule is COc1ccccc1CNc1cc(NC[C@H]2CCNC[C@@H]2O)nc2c(C(C)C)c[nH][n+]12. The number of piperidine rings is 1. The number of para-hydroxylation sites is 1. The fourth-order valence-corrected chi connectivity index (χ4v) is 4.08. The molecule has 8 nitrogen and oxygen atoms in total. The summed E-state index contributed by atoms with van der Waals surface area (Å²) in [7, 11) is 1.69. The van der Waals surface area contributed by atoms with Gasteiger partial charge in [-0.05, 0) is 24.9 Å². The number of hydrogen-bond donors (Lipinski definition) is 5. The summed E-state index contributed by atoms with van der Waals surface area (Å²) in [4.78, 5) is 4.87. The van der Waals surface area contributed by atoms with E-state index in [-0.39, 0.29) is 12.0 Å². The number of nitrogens with one attached hydrogen (secondary N) is 4. The van der Waals surface area contributed by atoms with Gasteiger partial charge in [0, 0.05) is 30.8 Å². The van der Waals surface area contributed by atoms with Crippen LogP contribution in [0.5, 0.6) is 5.75 Å². The van der Waals surface area contributed by atoms with E-state index in [1.54, 1.807) is 7.11 Å². The highest BCUT2D eigenvalue weighted by Gasteiger charge is 2.24. The molecule has 166 valence electrons. The maximum atomic E-state index is 10.3. The van der Waals surface area contributed by atoms with Crippen molar-refractivity contribution in [1.29, 1.82) is 0 Å². The molecule has 2 atom stereocenters. The summed E-state index contributed by atoms with van der Waals surface area (Å²) in [6.07, 6.45) is 2.63. The van der Waals surface area contributed by atoms with Gasteiger partial charge in [-0.3, -0.25) is 10.4 Å². The molecule has 0 amide bonds. The molecule has 0 bridgehead atoms. The minimum Gasteiger partial charge on any atom is -0.496 e. The first-order valence-electron chi connectivity index (χ1n) is 11.0. The molecule has 4 rings (SSSR count). The predicted molar refractivity (Wildman–Crippen MR) is 122 cm³/mol. The number of rotatable bonds is 8. The molecule has 0 aliphatic carbocycles. The molecule has 31 heavy (non-hydrogen) atoms. The maximum Gasteiger partial charge on any atom is 0.292 e. The second-order valence-electron chi connectivity index (χ2n) is 8.44. The van der Waals surface area contributed by atoms with Crippen LogP contribution in [0.1, 0.15) is 37.3 Å². The van der Waals surface area contributed by atoms with Gasteiger partial charge in [0.1, 0.15) is 5.75 Å². The van der Waals surface area contributed by atoms with Crippen LogP contribution >= 0.6 is 0 Å². The average molecular weight is 426 g/mol. The van der Waals surface area contributed by atoms with Crippen LogP contribution in [0.4, 0.5) is 11.6 Å². The van der Waals surface area contributed by atoms with Crippen molar-refractivity contribution >= 4 is 17.3 Å². The molecule has 0 unspecified atom stereocenters. The van der Waals surface area contributed by atoms with Crippen LogP contribution in [0, 0.1) is 5.92 Å². The largest absolute Gasteiger partial charge is 0.496 e. The molecule has 0 spiro atoms. The third kappa shape index (κ3) is 4.75. The Hall–Kier alpha value is -2.84. The van der Waals surface area contributed by atoms with E-state index >= 15 is 0 Å². The number of β-amino-alcohol motifs (C(OH)–C–C–N with tert-alkyl or cyclic N) is 1. The van der Waals surface area contributed by atoms with Crippen molar-refractivity contribution in [1.82, 2.24) is 15.4 Å². The van der Waals surface area contributed by atoms with E-state index in [4.69, 9.17) is 9.72 Å². The van der Waals surface area contributed by atoms with Gasteiger partial charge in [0.25, 0.3) is 5.65 Å². The Morgan fingerprint density at radius 2 is 2.13 bits per heavy atom. The highest BCUT2D eigenvalue weighted by Crippen LogP contribution is 2.22. The molecule has 3 heterocycles. The fourth-order valence-electron chi connectivity index (χ4n) is 4.08. The van der Waals surface area contributed by atoms with Crippen LogP contribution in [0.2, 0.25) is 0 Å². The van der Waals surface area contributed by atoms with E-state index in [0.717, 1.165) is 47.1 Å². The first-order valence-corrected chi connectivity index (χ1v) is 11.0. The fraction of sp³-hybridized carbons (Fsp3) is 0.478. The number of hydrogen-bond acceptors (Lipinski definition) is 6. The van der Waals surface area contributed by atoms with Crippen LogP contribution in [-0.4, -0.2) is 48.0 Å². The van der Waals surface area contributed by atoms with Gasteiger partial charge in [0.2, 0.25) is 11.6 Å². The number of aromatic nitrogens is 3. The zero-order chi connectivity index (χ0) is 21.8. The molecule has 3 aromatic rings. The zero-order valence-corrected chi connectivity index (χ0v) is 18.5. The van der Waals surface area contributed by atoms with E-state index in [2.05, 4.69) is 41.0 Å². The molecule has 0 saturated carbocycles. The van der Waals surface area contributed by atoms with Crippen LogP contribution in [0.25, 0.3) is 5.65 Å². The van der Waals surface area contributed by atoms with Crippen molar-refractivity contribution in [3.8, 4) is 5.75 Å². The smallest absolute Gasteiger partial charge is 0.292 e. The number of H-pyrrole nitrogens is 1. The van der Waals surface area contributed by atoms with Gasteiger partial charge in [0.05, 0.1) is 31.4 Å². The number of ether oxygens (including phenoxy) is 1. The number of anilines is 2. The molecule has 1 aromatic carbocycles. The van der Waals surface area contributed by atoms with Crippen molar-refractivity contribution in [2.24, 2.45) is 5.92 Å². The Kier molecular flexibility index (Phi) is 6.58. The number of aromatic amines is 1. The molecule has 8 heteroatoms. The van der Waals surface area contributed by atoms with Gasteiger partial charge in [0.15, 0.2) is 0 Å². The number of methoxy groups -OCH3 is 1. The van der Waals surface area contributed by atoms with Crippen molar-refractivity contribution in [3.05, 3.63) is 47.7 Å². The molecule has 0 radical (unpaired) electrons. The van der Waals surface area contributed by atoms with Gasteiger partial charge in [-0.25, -0.2) is 0 Å². The van der Waals surface area contributed by atoms with E-state index in [1.807, 2.05) is 35.0 Å². The summed E-state index contributed by atoms with van der Waals surface area (Å²) in [5, 5.41) is 23.8. The first kappa shape index (κ1) is 21.4. The topological polar surface area (TPSA) is 98.3 Å². The molecule has 1 aliphatic rings. The normalized spacial score (nSPS) is 19.0. The lowest BCUT2D eigenvalue weighted by Gasteiger charge is -2.28. The summed E-state index contributed by atoms with van der Waals surface area (Å²) in [6, 6.07) is 10.0. The summed E-state index contributed by atoms with van der Waals surface area (Å²) in [6.45, 7) is 7.23. The zero-order valence-electron chi connectivity index (χ0n) is 18.5. The second-order valence-corrected chi connectivity index (χ2v) is 8.44. The number of aliphatic hydroxyl groups excluding tert-OH is 1. The minimum atomic E-state index is -0.332. The lowest BCUT2D eigenvalue weighted by molar-refractivity contribution is -0.564. The summed E-state index contributed by atoms with van der Waals surface area (Å²) < 4.78 is 7.47. The van der Waals surface area contributed by atoms with Crippen LogP contribution in [0.3, 0.4) is 0 Å². The molecular weight excluding hydrogens is 392 g/mol. The van der Waals surface area contributed by atoms with Crippen molar-refractivity contribution in [2.75, 3.05) is 37.4 Å². The summed E-state index contributed by atoms with van der Waals surface area (Å²) in [5.41, 5.74) is 3.14. The Bertz CT molecular complexity index is 1020. The average Bonchev–Trinajstić information content (AvgIpc) is 3.21. The molecule has 1 aliphatic heterocycles. The highest BCUT2D eigenvalue weighted by atomic mass is 16.5. The van der Waals surface area contributed by atoms with Gasteiger partial charge in [-0.1, -0.05) is 37.0 Å². The molecule has 2 aromatic heterocycles. The number of fused-ring (bicyclic) bond motifs is 1. The maximum absolute atomic E-state index is 10.3. The van der Waals surface area contributed by atoms with Gasteiger partial charge < -0.3 is 20.5 Å². The summed E-state index contributed by atoms with van der Waals surface area (Å²) in [5.74, 6) is 3.13. The van der Waals surface area contributed by atoms with Gasteiger partial charge in [-0.2, -0.15) is 0 Å². The number of aliphatic hydroxyl groups is 1. The van der Waals surface area contributed by atoms with Gasteiger partial charge >= 0.3 is 0 Å². The van der Waals surface area contributed by atoms with E-state index in [1.165, 1.54) is 0 Å². The first-order chi connectivity index (χ1) is 15.1. The Labute approximate surface area is 183 Å². The van der Waals surface area contributed by atoms with Crippen LogP contribution < -0.4 is 25.2 Å². The summed E-state index contributed by atoms with van der Waals surface area (Å²) >= 11 is 0. The van der Waals surface area contributed by atoms with Crippen molar-refractivity contribution < 1.29 is 14.4 Å². The molecular formula is C23H33N6O2+.